The summed E-state index contributed by atoms with van der Waals surface area (Å²) in [5, 5.41) is 7.99. The van der Waals surface area contributed by atoms with Crippen LogP contribution in [0, 0.1) is 0 Å². The van der Waals surface area contributed by atoms with Gasteiger partial charge in [-0.1, -0.05) is 18.2 Å². The van der Waals surface area contributed by atoms with Crippen LogP contribution in [0.1, 0.15) is 46.0 Å². The number of nitrogens with zero attached hydrogens (tertiary/aromatic N) is 3. The van der Waals surface area contributed by atoms with Crippen molar-refractivity contribution in [3.63, 3.8) is 0 Å². The van der Waals surface area contributed by atoms with Crippen LogP contribution >= 0.6 is 0 Å². The molecule has 0 unspecified atom stereocenters. The highest BCUT2D eigenvalue weighted by atomic mass is 19.4. The van der Waals surface area contributed by atoms with Crippen molar-refractivity contribution in [1.29, 1.82) is 0 Å². The fourth-order valence-electron chi connectivity index (χ4n) is 3.36. The molecule has 1 heterocycles. The Balaban J connectivity index is 2.01. The molecule has 0 aliphatic rings. The molecule has 0 spiro atoms. The second kappa shape index (κ2) is 7.98. The summed E-state index contributed by atoms with van der Waals surface area (Å²) in [7, 11) is 1.52. The van der Waals surface area contributed by atoms with Crippen LogP contribution in [0.5, 0.6) is 5.75 Å². The topological polar surface area (TPSA) is 126 Å². The fraction of sp³-hybridized carbons (Fsp3) is 0.238. The van der Waals surface area contributed by atoms with Crippen LogP contribution < -0.4 is 16.2 Å². The summed E-state index contributed by atoms with van der Waals surface area (Å²) in [5.74, 6) is -1.29. The van der Waals surface area contributed by atoms with Gasteiger partial charge < -0.3 is 20.8 Å². The lowest BCUT2D eigenvalue weighted by Gasteiger charge is -2.26. The maximum atomic E-state index is 13.4. The lowest BCUT2D eigenvalue weighted by molar-refractivity contribution is -0.137. The van der Waals surface area contributed by atoms with Crippen LogP contribution in [0.3, 0.4) is 0 Å². The molecule has 0 aliphatic carbocycles. The number of alkyl halides is 3. The van der Waals surface area contributed by atoms with Gasteiger partial charge in [0.2, 0.25) is 11.8 Å². The monoisotopic (exact) mass is 447 g/mol. The molecule has 11 heteroatoms. The van der Waals surface area contributed by atoms with E-state index < -0.39 is 29.2 Å². The minimum Gasteiger partial charge on any atom is -0.480 e. The number of halogens is 3. The number of hydrogen-bond acceptors (Lipinski definition) is 5. The van der Waals surface area contributed by atoms with Gasteiger partial charge in [-0.05, 0) is 38.1 Å². The van der Waals surface area contributed by atoms with Crippen molar-refractivity contribution in [2.24, 2.45) is 18.5 Å². The summed E-state index contributed by atoms with van der Waals surface area (Å²) in [6, 6.07) is 9.04. The highest BCUT2D eigenvalue weighted by Crippen LogP contribution is 2.37. The van der Waals surface area contributed by atoms with E-state index in [1.54, 1.807) is 13.8 Å². The Bertz CT molecular complexity index is 1200. The molecule has 0 saturated carbocycles. The van der Waals surface area contributed by atoms with Crippen molar-refractivity contribution in [3.05, 3.63) is 65.0 Å². The van der Waals surface area contributed by atoms with E-state index >= 15 is 0 Å². The van der Waals surface area contributed by atoms with Crippen molar-refractivity contribution in [2.75, 3.05) is 0 Å². The highest BCUT2D eigenvalue weighted by molar-refractivity contribution is 6.06. The van der Waals surface area contributed by atoms with Crippen molar-refractivity contribution in [3.8, 4) is 17.1 Å². The van der Waals surface area contributed by atoms with Crippen molar-refractivity contribution in [2.45, 2.75) is 25.6 Å². The zero-order valence-corrected chi connectivity index (χ0v) is 17.4. The fourth-order valence-corrected chi connectivity index (χ4v) is 3.36. The molecule has 4 N–H and O–H groups in total. The van der Waals surface area contributed by atoms with Crippen molar-refractivity contribution in [1.82, 2.24) is 14.8 Å². The van der Waals surface area contributed by atoms with E-state index in [2.05, 4.69) is 10.2 Å². The molecule has 8 nitrogen and oxygen atoms in total. The maximum Gasteiger partial charge on any atom is 0.417 e. The summed E-state index contributed by atoms with van der Waals surface area (Å²) < 4.78 is 47.6. The molecular weight excluding hydrogens is 427 g/mol. The Morgan fingerprint density at radius 1 is 0.969 bits per heavy atom. The average Bonchev–Trinajstić information content (AvgIpc) is 3.09. The summed E-state index contributed by atoms with van der Waals surface area (Å²) >= 11 is 0. The van der Waals surface area contributed by atoms with E-state index in [1.807, 2.05) is 0 Å². The molecule has 0 radical (unpaired) electrons. The van der Waals surface area contributed by atoms with Crippen LogP contribution in [-0.2, 0) is 18.8 Å². The summed E-state index contributed by atoms with van der Waals surface area (Å²) in [6.07, 6.45) is -4.57. The molecule has 1 aromatic heterocycles. The third kappa shape index (κ3) is 4.27. The second-order valence-electron chi connectivity index (χ2n) is 7.50. The third-order valence-electron chi connectivity index (χ3n) is 4.78. The van der Waals surface area contributed by atoms with Gasteiger partial charge in [-0.15, -0.1) is 10.2 Å². The molecule has 0 fully saturated rings. The van der Waals surface area contributed by atoms with E-state index in [9.17, 15) is 22.8 Å². The van der Waals surface area contributed by atoms with E-state index in [1.165, 1.54) is 48.0 Å². The van der Waals surface area contributed by atoms with Crippen LogP contribution in [0.15, 0.2) is 42.5 Å². The van der Waals surface area contributed by atoms with Gasteiger partial charge in [0.15, 0.2) is 17.2 Å². The number of carbonyl (C=O) groups excluding carboxylic acids is 2. The van der Waals surface area contributed by atoms with Crippen LogP contribution in [0.25, 0.3) is 11.4 Å². The smallest absolute Gasteiger partial charge is 0.417 e. The first kappa shape index (κ1) is 22.8. The van der Waals surface area contributed by atoms with Gasteiger partial charge >= 0.3 is 6.18 Å². The molecule has 0 atom stereocenters. The van der Waals surface area contributed by atoms with E-state index in [0.717, 1.165) is 6.07 Å². The molecule has 0 aliphatic heterocycles. The third-order valence-corrected chi connectivity index (χ3v) is 4.78. The predicted octanol–water partition coefficient (Wildman–Crippen LogP) is 3.01. The minimum absolute atomic E-state index is 0.00602. The van der Waals surface area contributed by atoms with Gasteiger partial charge in [0, 0.05) is 12.6 Å². The zero-order valence-electron chi connectivity index (χ0n) is 17.4. The van der Waals surface area contributed by atoms with Crippen molar-refractivity contribution < 1.29 is 27.5 Å². The average molecular weight is 447 g/mol. The number of ether oxygens (including phenoxy) is 1. The van der Waals surface area contributed by atoms with E-state index in [0.29, 0.717) is 0 Å². The molecule has 0 bridgehead atoms. The first-order valence-corrected chi connectivity index (χ1v) is 9.32. The number of benzene rings is 2. The predicted molar refractivity (Wildman–Crippen MR) is 109 cm³/mol. The van der Waals surface area contributed by atoms with Gasteiger partial charge in [-0.3, -0.25) is 9.59 Å². The lowest BCUT2D eigenvalue weighted by Crippen LogP contribution is -2.29. The highest BCUT2D eigenvalue weighted by Gasteiger charge is 2.36. The standard InChI is InChI=1S/C21H20F3N5O3/c1-20(2,32-11-8-9-12(16(25)30)14(10-11)17(26)31)19-28-27-18(29(19)3)13-6-4-5-7-15(13)21(22,23)24/h4-10H,1-3H3,(H2,25,30)(H2,26,31). The van der Waals surface area contributed by atoms with E-state index in [-0.39, 0.29) is 34.1 Å². The van der Waals surface area contributed by atoms with Gasteiger partial charge in [0.1, 0.15) is 5.75 Å². The number of amides is 2. The minimum atomic E-state index is -4.57. The Morgan fingerprint density at radius 3 is 2.19 bits per heavy atom. The van der Waals surface area contributed by atoms with Crippen LogP contribution in [0.4, 0.5) is 13.2 Å². The van der Waals surface area contributed by atoms with Crippen LogP contribution in [-0.4, -0.2) is 26.6 Å². The Labute approximate surface area is 181 Å². The first-order chi connectivity index (χ1) is 14.8. The summed E-state index contributed by atoms with van der Waals surface area (Å²) in [6.45, 7) is 3.25. The van der Waals surface area contributed by atoms with Gasteiger partial charge in [-0.25, -0.2) is 0 Å². The Kier molecular flexibility index (Phi) is 5.69. The molecule has 3 aromatic rings. The van der Waals surface area contributed by atoms with Crippen molar-refractivity contribution >= 4 is 11.8 Å². The zero-order chi connectivity index (χ0) is 23.8. The second-order valence-corrected chi connectivity index (χ2v) is 7.50. The molecule has 3 rings (SSSR count). The van der Waals surface area contributed by atoms with Gasteiger partial charge in [-0.2, -0.15) is 13.2 Å². The van der Waals surface area contributed by atoms with Gasteiger partial charge in [0.25, 0.3) is 0 Å². The molecule has 0 saturated heterocycles. The molecule has 2 amide bonds. The number of hydrogen-bond donors (Lipinski definition) is 2. The summed E-state index contributed by atoms with van der Waals surface area (Å²) in [4.78, 5) is 23.2. The van der Waals surface area contributed by atoms with Crippen LogP contribution in [0.2, 0.25) is 0 Å². The number of aromatic nitrogens is 3. The molecule has 2 aromatic carbocycles. The SMILES string of the molecule is Cn1c(-c2ccccc2C(F)(F)F)nnc1C(C)(C)Oc1ccc(C(N)=O)c(C(N)=O)c1. The van der Waals surface area contributed by atoms with Gasteiger partial charge in [0.05, 0.1) is 16.7 Å². The largest absolute Gasteiger partial charge is 0.480 e. The lowest BCUT2D eigenvalue weighted by atomic mass is 10.0. The quantitative estimate of drug-likeness (QED) is 0.601. The normalized spacial score (nSPS) is 11.9. The Hall–Kier alpha value is -3.89. The Morgan fingerprint density at radius 2 is 1.59 bits per heavy atom. The number of carbonyl (C=O) groups is 2. The number of primary amides is 2. The maximum absolute atomic E-state index is 13.4. The molecular formula is C21H20F3N5O3. The molecule has 168 valence electrons. The number of nitrogens with two attached hydrogens (primary N) is 2. The molecule has 32 heavy (non-hydrogen) atoms. The number of rotatable bonds is 6. The first-order valence-electron chi connectivity index (χ1n) is 9.32. The van der Waals surface area contributed by atoms with E-state index in [4.69, 9.17) is 16.2 Å². The summed E-state index contributed by atoms with van der Waals surface area (Å²) in [5.41, 5.74) is 8.24.